The van der Waals surface area contributed by atoms with Crippen molar-refractivity contribution in [2.24, 2.45) is 0 Å². The van der Waals surface area contributed by atoms with E-state index in [1.165, 1.54) is 30.3 Å². The molecule has 2 aromatic carbocycles. The molecular weight excluding hydrogens is 336 g/mol. The van der Waals surface area contributed by atoms with Gasteiger partial charge in [0.05, 0.1) is 17.8 Å². The molecule has 0 aliphatic carbocycles. The van der Waals surface area contributed by atoms with E-state index in [-0.39, 0.29) is 24.4 Å². The summed E-state index contributed by atoms with van der Waals surface area (Å²) in [6, 6.07) is 8.65. The maximum Gasteiger partial charge on any atom is 0.414 e. The molecule has 1 aliphatic heterocycles. The summed E-state index contributed by atoms with van der Waals surface area (Å²) in [7, 11) is 0. The molecule has 1 fully saturated rings. The molecule has 1 aliphatic rings. The van der Waals surface area contributed by atoms with Crippen LogP contribution in [-0.4, -0.2) is 36.4 Å². The molecule has 1 atom stereocenters. The van der Waals surface area contributed by atoms with Crippen molar-refractivity contribution in [3.63, 3.8) is 0 Å². The van der Waals surface area contributed by atoms with Crippen molar-refractivity contribution in [1.29, 1.82) is 0 Å². The van der Waals surface area contributed by atoms with Crippen molar-refractivity contribution in [2.75, 3.05) is 18.1 Å². The smallest absolute Gasteiger partial charge is 0.414 e. The Balaban J connectivity index is 1.62. The molecule has 0 bridgehead atoms. The van der Waals surface area contributed by atoms with Crippen LogP contribution >= 0.6 is 0 Å². The molecule has 1 unspecified atom stereocenters. The van der Waals surface area contributed by atoms with Crippen molar-refractivity contribution >= 4 is 17.7 Å². The second-order valence-electron chi connectivity index (χ2n) is 5.35. The highest BCUT2D eigenvalue weighted by Crippen LogP contribution is 2.25. The zero-order chi connectivity index (χ0) is 18.0. The first-order chi connectivity index (χ1) is 11.9. The van der Waals surface area contributed by atoms with Gasteiger partial charge in [0.15, 0.2) is 6.10 Å². The largest absolute Gasteiger partial charge is 0.490 e. The standard InChI is InChI=1S/C17H13F2NO5/c18-11-3-6-15(14(19)7-11)20-8-13(25-17(20)23)9-24-12-4-1-10(2-5-12)16(21)22/h1-7,13H,8-9H2,(H,21,22). The van der Waals surface area contributed by atoms with Crippen molar-refractivity contribution < 1.29 is 33.0 Å². The molecule has 6 nitrogen and oxygen atoms in total. The number of cyclic esters (lactones) is 1. The molecule has 2 aromatic rings. The molecule has 1 saturated heterocycles. The molecule has 0 spiro atoms. The number of anilines is 1. The summed E-state index contributed by atoms with van der Waals surface area (Å²) in [4.78, 5) is 23.7. The number of carboxylic acids is 1. The first kappa shape index (κ1) is 16.7. The number of carboxylic acid groups (broad SMARTS) is 1. The summed E-state index contributed by atoms with van der Waals surface area (Å²) in [5.74, 6) is -2.23. The number of hydrogen-bond acceptors (Lipinski definition) is 4. The molecule has 8 heteroatoms. The van der Waals surface area contributed by atoms with Crippen molar-refractivity contribution in [3.8, 4) is 5.75 Å². The fourth-order valence-corrected chi connectivity index (χ4v) is 2.39. The van der Waals surface area contributed by atoms with Crippen LogP contribution in [0.3, 0.4) is 0 Å². The quantitative estimate of drug-likeness (QED) is 0.898. The lowest BCUT2D eigenvalue weighted by Gasteiger charge is -2.14. The molecule has 1 amide bonds. The highest BCUT2D eigenvalue weighted by molar-refractivity contribution is 5.90. The zero-order valence-corrected chi connectivity index (χ0v) is 12.8. The fourth-order valence-electron chi connectivity index (χ4n) is 2.39. The summed E-state index contributed by atoms with van der Waals surface area (Å²) >= 11 is 0. The second-order valence-corrected chi connectivity index (χ2v) is 5.35. The summed E-state index contributed by atoms with van der Waals surface area (Å²) in [6.07, 6.45) is -1.39. The van der Waals surface area contributed by atoms with Crippen molar-refractivity contribution in [3.05, 3.63) is 59.7 Å². The maximum absolute atomic E-state index is 13.8. The van der Waals surface area contributed by atoms with Gasteiger partial charge in [-0.25, -0.2) is 18.4 Å². The number of amides is 1. The van der Waals surface area contributed by atoms with Gasteiger partial charge in [0, 0.05) is 6.07 Å². The van der Waals surface area contributed by atoms with Crippen molar-refractivity contribution in [1.82, 2.24) is 0 Å². The Labute approximate surface area is 141 Å². The van der Waals surface area contributed by atoms with E-state index < -0.39 is 29.8 Å². The van der Waals surface area contributed by atoms with Gasteiger partial charge in [-0.2, -0.15) is 0 Å². The molecule has 0 saturated carbocycles. The number of rotatable bonds is 5. The van der Waals surface area contributed by atoms with E-state index in [2.05, 4.69) is 0 Å². The lowest BCUT2D eigenvalue weighted by molar-refractivity contribution is 0.0696. The molecule has 0 radical (unpaired) electrons. The van der Waals surface area contributed by atoms with E-state index in [9.17, 15) is 18.4 Å². The van der Waals surface area contributed by atoms with Crippen LogP contribution in [-0.2, 0) is 4.74 Å². The predicted molar refractivity (Wildman–Crippen MR) is 82.9 cm³/mol. The summed E-state index contributed by atoms with van der Waals surface area (Å²) < 4.78 is 37.3. The number of carbonyl (C=O) groups excluding carboxylic acids is 1. The van der Waals surface area contributed by atoms with Gasteiger partial charge in [-0.15, -0.1) is 0 Å². The molecule has 0 aromatic heterocycles. The van der Waals surface area contributed by atoms with Gasteiger partial charge < -0.3 is 14.6 Å². The number of nitrogens with zero attached hydrogens (tertiary/aromatic N) is 1. The second kappa shape index (κ2) is 6.76. The van der Waals surface area contributed by atoms with Crippen LogP contribution in [0.15, 0.2) is 42.5 Å². The number of ether oxygens (including phenoxy) is 2. The number of hydrogen-bond donors (Lipinski definition) is 1. The van der Waals surface area contributed by atoms with Gasteiger partial charge in [0.25, 0.3) is 0 Å². The molecule has 1 heterocycles. The number of carbonyl (C=O) groups is 2. The maximum atomic E-state index is 13.8. The third kappa shape index (κ3) is 3.68. The third-order valence-electron chi connectivity index (χ3n) is 3.61. The van der Waals surface area contributed by atoms with Crippen molar-refractivity contribution in [2.45, 2.75) is 6.10 Å². The highest BCUT2D eigenvalue weighted by atomic mass is 19.1. The van der Waals surface area contributed by atoms with Crippen LogP contribution in [0, 0.1) is 11.6 Å². The Kier molecular flexibility index (Phi) is 4.51. The van der Waals surface area contributed by atoms with Gasteiger partial charge in [0.2, 0.25) is 0 Å². The van der Waals surface area contributed by atoms with E-state index >= 15 is 0 Å². The van der Waals surface area contributed by atoms with Crippen LogP contribution < -0.4 is 9.64 Å². The molecule has 130 valence electrons. The van der Waals surface area contributed by atoms with Crippen LogP contribution in [0.2, 0.25) is 0 Å². The molecular formula is C17H13F2NO5. The number of halogens is 2. The minimum absolute atomic E-state index is 0.0114. The van der Waals surface area contributed by atoms with Gasteiger partial charge in [-0.3, -0.25) is 4.90 Å². The lowest BCUT2D eigenvalue weighted by Crippen LogP contribution is -2.27. The minimum Gasteiger partial charge on any atom is -0.490 e. The summed E-state index contributed by atoms with van der Waals surface area (Å²) in [6.45, 7) is 0.0616. The Morgan fingerprint density at radius 2 is 1.96 bits per heavy atom. The summed E-state index contributed by atoms with van der Waals surface area (Å²) in [5.41, 5.74) is 0.0531. The van der Waals surface area contributed by atoms with Gasteiger partial charge in [-0.1, -0.05) is 0 Å². The normalized spacial score (nSPS) is 16.6. The highest BCUT2D eigenvalue weighted by Gasteiger charge is 2.34. The van der Waals surface area contributed by atoms with E-state index in [0.717, 1.165) is 11.0 Å². The Hall–Kier alpha value is -3.16. The SMILES string of the molecule is O=C(O)c1ccc(OCC2CN(c3ccc(F)cc3F)C(=O)O2)cc1. The van der Waals surface area contributed by atoms with E-state index in [1.807, 2.05) is 0 Å². The van der Waals surface area contributed by atoms with Gasteiger partial charge in [0.1, 0.15) is 24.0 Å². The Morgan fingerprint density at radius 3 is 2.60 bits per heavy atom. The number of aromatic carboxylic acids is 1. The van der Waals surface area contributed by atoms with E-state index in [4.69, 9.17) is 14.6 Å². The van der Waals surface area contributed by atoms with Crippen LogP contribution in [0.4, 0.5) is 19.3 Å². The van der Waals surface area contributed by atoms with E-state index in [0.29, 0.717) is 11.8 Å². The van der Waals surface area contributed by atoms with Crippen LogP contribution in [0.25, 0.3) is 0 Å². The average Bonchev–Trinajstić information content (AvgIpc) is 2.94. The molecule has 25 heavy (non-hydrogen) atoms. The Bertz CT molecular complexity index is 809. The van der Waals surface area contributed by atoms with Crippen LogP contribution in [0.1, 0.15) is 10.4 Å². The van der Waals surface area contributed by atoms with E-state index in [1.54, 1.807) is 0 Å². The minimum atomic E-state index is -1.05. The monoisotopic (exact) mass is 349 g/mol. The third-order valence-corrected chi connectivity index (χ3v) is 3.61. The number of benzene rings is 2. The fraction of sp³-hybridized carbons (Fsp3) is 0.176. The average molecular weight is 349 g/mol. The summed E-state index contributed by atoms with van der Waals surface area (Å²) in [5, 5.41) is 8.83. The van der Waals surface area contributed by atoms with Gasteiger partial charge in [-0.05, 0) is 36.4 Å². The topological polar surface area (TPSA) is 76.1 Å². The first-order valence-electron chi connectivity index (χ1n) is 7.33. The lowest BCUT2D eigenvalue weighted by atomic mass is 10.2. The molecule has 1 N–H and O–H groups in total. The predicted octanol–water partition coefficient (Wildman–Crippen LogP) is 3.07. The molecule has 3 rings (SSSR count). The van der Waals surface area contributed by atoms with Gasteiger partial charge >= 0.3 is 12.1 Å². The Morgan fingerprint density at radius 1 is 1.24 bits per heavy atom. The first-order valence-corrected chi connectivity index (χ1v) is 7.33. The van der Waals surface area contributed by atoms with Crippen LogP contribution in [0.5, 0.6) is 5.75 Å². The zero-order valence-electron chi connectivity index (χ0n) is 12.8.